The Balaban J connectivity index is 1.53. The van der Waals surface area contributed by atoms with Crippen molar-refractivity contribution in [3.8, 4) is 34.0 Å². The maximum Gasteiger partial charge on any atom is 0.161 e. The van der Waals surface area contributed by atoms with Gasteiger partial charge in [0.15, 0.2) is 11.5 Å². The second kappa shape index (κ2) is 6.36. The quantitative estimate of drug-likeness (QED) is 0.432. The van der Waals surface area contributed by atoms with Crippen molar-refractivity contribution in [2.75, 3.05) is 0 Å². The minimum absolute atomic E-state index is 0.699. The summed E-state index contributed by atoms with van der Waals surface area (Å²) in [5.41, 5.74) is 8.35. The molecule has 6 rings (SSSR count). The van der Waals surface area contributed by atoms with Crippen LogP contribution in [0.3, 0.4) is 0 Å². The number of pyridine rings is 1. The third-order valence-corrected chi connectivity index (χ3v) is 6.14. The van der Waals surface area contributed by atoms with E-state index in [9.17, 15) is 0 Å². The minimum atomic E-state index is 0.699. The molecule has 2 N–H and O–H groups in total. The molecule has 7 nitrogen and oxygen atoms in total. The van der Waals surface area contributed by atoms with E-state index >= 15 is 0 Å². The number of thiophene rings is 1. The lowest BCUT2D eigenvalue weighted by atomic mass is 10.1. The van der Waals surface area contributed by atoms with Gasteiger partial charge in [0.1, 0.15) is 11.3 Å². The number of rotatable bonds is 3. The molecule has 0 saturated carbocycles. The molecule has 0 aliphatic heterocycles. The molecule has 5 aromatic heterocycles. The Morgan fingerprint density at radius 3 is 2.73 bits per heavy atom. The number of aromatic amines is 2. The average molecular weight is 411 g/mol. The van der Waals surface area contributed by atoms with Crippen molar-refractivity contribution in [1.82, 2.24) is 34.7 Å². The summed E-state index contributed by atoms with van der Waals surface area (Å²) >= 11 is 1.68. The lowest BCUT2D eigenvalue weighted by Gasteiger charge is -2.03. The molecular weight excluding hydrogens is 394 g/mol. The zero-order valence-corrected chi connectivity index (χ0v) is 17.2. The Hall–Kier alpha value is -3.78. The van der Waals surface area contributed by atoms with E-state index in [1.165, 1.54) is 5.56 Å². The van der Waals surface area contributed by atoms with Gasteiger partial charge in [-0.25, -0.2) is 15.0 Å². The molecule has 0 fully saturated rings. The molecule has 8 heteroatoms. The topological polar surface area (TPSA) is 88.1 Å². The van der Waals surface area contributed by atoms with Crippen LogP contribution in [0.2, 0.25) is 0 Å². The standard InChI is InChI=1S/C22H17N7S/c1-12-23-10-18(29(12)2)15-6-7-17-20(24-15)21(28-27-17)22-25-16-5-3-4-14(19(16)26-22)13-8-9-30-11-13/h3-11H,1-2H3,(H,25,26)(H,27,28). The first kappa shape index (κ1) is 17.1. The van der Waals surface area contributed by atoms with E-state index in [0.29, 0.717) is 11.5 Å². The van der Waals surface area contributed by atoms with Gasteiger partial charge in [-0.05, 0) is 47.5 Å². The van der Waals surface area contributed by atoms with E-state index in [1.54, 1.807) is 11.3 Å². The van der Waals surface area contributed by atoms with Crippen LogP contribution < -0.4 is 0 Å². The van der Waals surface area contributed by atoms with Crippen LogP contribution in [-0.4, -0.2) is 34.7 Å². The molecule has 1 aromatic carbocycles. The molecule has 0 aliphatic rings. The van der Waals surface area contributed by atoms with Gasteiger partial charge in [0.05, 0.1) is 34.1 Å². The van der Waals surface area contributed by atoms with E-state index in [1.807, 2.05) is 49.0 Å². The lowest BCUT2D eigenvalue weighted by molar-refractivity contribution is 0.862. The lowest BCUT2D eigenvalue weighted by Crippen LogP contribution is -1.96. The fraction of sp³-hybridized carbons (Fsp3) is 0.0909. The zero-order chi connectivity index (χ0) is 20.2. The highest BCUT2D eigenvalue weighted by Gasteiger charge is 2.17. The fourth-order valence-corrected chi connectivity index (χ4v) is 4.40. The van der Waals surface area contributed by atoms with E-state index in [2.05, 4.69) is 43.1 Å². The average Bonchev–Trinajstić information content (AvgIpc) is 3.54. The molecule has 5 heterocycles. The number of nitrogens with zero attached hydrogens (tertiary/aromatic N) is 5. The van der Waals surface area contributed by atoms with Crippen molar-refractivity contribution in [2.24, 2.45) is 7.05 Å². The van der Waals surface area contributed by atoms with Crippen molar-refractivity contribution in [3.63, 3.8) is 0 Å². The monoisotopic (exact) mass is 411 g/mol. The molecule has 6 aromatic rings. The normalized spacial score (nSPS) is 11.7. The van der Waals surface area contributed by atoms with Crippen molar-refractivity contribution < 1.29 is 0 Å². The minimum Gasteiger partial charge on any atom is -0.336 e. The van der Waals surface area contributed by atoms with E-state index < -0.39 is 0 Å². The van der Waals surface area contributed by atoms with Gasteiger partial charge in [0, 0.05) is 12.6 Å². The summed E-state index contributed by atoms with van der Waals surface area (Å²) in [5, 5.41) is 11.8. The van der Waals surface area contributed by atoms with Gasteiger partial charge in [0.25, 0.3) is 0 Å². The van der Waals surface area contributed by atoms with E-state index in [0.717, 1.165) is 44.8 Å². The number of aromatic nitrogens is 7. The number of imidazole rings is 2. The van der Waals surface area contributed by atoms with Crippen LogP contribution in [0.25, 0.3) is 56.1 Å². The van der Waals surface area contributed by atoms with Crippen molar-refractivity contribution >= 4 is 33.4 Å². The summed E-state index contributed by atoms with van der Waals surface area (Å²) in [6.45, 7) is 1.98. The van der Waals surface area contributed by atoms with Gasteiger partial charge in [-0.3, -0.25) is 5.10 Å². The largest absolute Gasteiger partial charge is 0.336 e. The number of benzene rings is 1. The Morgan fingerprint density at radius 1 is 1.00 bits per heavy atom. The molecule has 146 valence electrons. The fourth-order valence-electron chi connectivity index (χ4n) is 3.74. The van der Waals surface area contributed by atoms with Gasteiger partial charge < -0.3 is 9.55 Å². The number of para-hydroxylation sites is 1. The van der Waals surface area contributed by atoms with Gasteiger partial charge in [-0.15, -0.1) is 0 Å². The molecule has 0 amide bonds. The van der Waals surface area contributed by atoms with Gasteiger partial charge in [0.2, 0.25) is 0 Å². The van der Waals surface area contributed by atoms with Crippen LogP contribution in [0.1, 0.15) is 5.82 Å². The number of aryl methyl sites for hydroxylation is 1. The number of hydrogen-bond acceptors (Lipinski definition) is 5. The molecule has 30 heavy (non-hydrogen) atoms. The van der Waals surface area contributed by atoms with Crippen LogP contribution in [-0.2, 0) is 7.05 Å². The Bertz CT molecular complexity index is 1520. The smallest absolute Gasteiger partial charge is 0.161 e. The third-order valence-electron chi connectivity index (χ3n) is 5.46. The summed E-state index contributed by atoms with van der Waals surface area (Å²) in [4.78, 5) is 17.6. The van der Waals surface area contributed by atoms with E-state index in [4.69, 9.17) is 9.97 Å². The summed E-state index contributed by atoms with van der Waals surface area (Å²) in [7, 11) is 1.99. The molecule has 0 aliphatic carbocycles. The first-order chi connectivity index (χ1) is 14.7. The van der Waals surface area contributed by atoms with Crippen molar-refractivity contribution in [1.29, 1.82) is 0 Å². The van der Waals surface area contributed by atoms with Gasteiger partial charge in [-0.1, -0.05) is 12.1 Å². The molecule has 0 radical (unpaired) electrons. The second-order valence-corrected chi connectivity index (χ2v) is 7.99. The van der Waals surface area contributed by atoms with Crippen LogP contribution in [0.4, 0.5) is 0 Å². The van der Waals surface area contributed by atoms with Crippen molar-refractivity contribution in [3.05, 3.63) is 59.2 Å². The molecular formula is C22H17N7S. The van der Waals surface area contributed by atoms with Gasteiger partial charge in [-0.2, -0.15) is 16.4 Å². The van der Waals surface area contributed by atoms with Crippen LogP contribution in [0.15, 0.2) is 53.4 Å². The first-order valence-electron chi connectivity index (χ1n) is 9.54. The number of fused-ring (bicyclic) bond motifs is 2. The maximum absolute atomic E-state index is 4.89. The third kappa shape index (κ3) is 2.50. The summed E-state index contributed by atoms with van der Waals surface area (Å²) < 4.78 is 2.03. The summed E-state index contributed by atoms with van der Waals surface area (Å²) in [6, 6.07) is 12.3. The molecule has 0 atom stereocenters. The van der Waals surface area contributed by atoms with Crippen LogP contribution >= 0.6 is 11.3 Å². The van der Waals surface area contributed by atoms with E-state index in [-0.39, 0.29) is 0 Å². The van der Waals surface area contributed by atoms with Gasteiger partial charge >= 0.3 is 0 Å². The molecule has 0 saturated heterocycles. The van der Waals surface area contributed by atoms with Crippen LogP contribution in [0, 0.1) is 6.92 Å². The van der Waals surface area contributed by atoms with Crippen molar-refractivity contribution in [2.45, 2.75) is 6.92 Å². The Labute approximate surface area is 175 Å². The SMILES string of the molecule is Cc1ncc(-c2ccc3[nH]nc(-c4nc5c(-c6ccsc6)cccc5[nH]4)c3n2)n1C. The number of H-pyrrole nitrogens is 2. The second-order valence-electron chi connectivity index (χ2n) is 7.21. The molecule has 0 spiro atoms. The molecule has 0 unspecified atom stereocenters. The predicted octanol–water partition coefficient (Wildman–Crippen LogP) is 4.94. The highest BCUT2D eigenvalue weighted by molar-refractivity contribution is 7.08. The maximum atomic E-state index is 4.89. The Kier molecular flexibility index (Phi) is 3.63. The predicted molar refractivity (Wildman–Crippen MR) is 119 cm³/mol. The summed E-state index contributed by atoms with van der Waals surface area (Å²) in [6.07, 6.45) is 1.84. The molecule has 0 bridgehead atoms. The highest BCUT2D eigenvalue weighted by atomic mass is 32.1. The first-order valence-corrected chi connectivity index (χ1v) is 10.5. The summed E-state index contributed by atoms with van der Waals surface area (Å²) in [5.74, 6) is 1.64. The number of nitrogens with one attached hydrogen (secondary N) is 2. The Morgan fingerprint density at radius 2 is 1.93 bits per heavy atom. The van der Waals surface area contributed by atoms with Crippen LogP contribution in [0.5, 0.6) is 0 Å². The highest BCUT2D eigenvalue weighted by Crippen LogP contribution is 2.32. The number of hydrogen-bond donors (Lipinski definition) is 2. The zero-order valence-electron chi connectivity index (χ0n) is 16.3.